The minimum Gasteiger partial charge on any atom is -0.307 e. The highest BCUT2D eigenvalue weighted by atomic mass is 15.1. The quantitative estimate of drug-likeness (QED) is 0.814. The Morgan fingerprint density at radius 1 is 1.17 bits per heavy atom. The summed E-state index contributed by atoms with van der Waals surface area (Å²) < 4.78 is 0. The number of nitrogens with one attached hydrogen (secondary N) is 1. The summed E-state index contributed by atoms with van der Waals surface area (Å²) in [6.07, 6.45) is 7.75. The van der Waals surface area contributed by atoms with Gasteiger partial charge in [0.15, 0.2) is 0 Å². The lowest BCUT2D eigenvalue weighted by Crippen LogP contribution is -2.58. The van der Waals surface area contributed by atoms with Crippen molar-refractivity contribution in [2.24, 2.45) is 4.99 Å². The van der Waals surface area contributed by atoms with Gasteiger partial charge in [-0.2, -0.15) is 0 Å². The van der Waals surface area contributed by atoms with Crippen LogP contribution >= 0.6 is 0 Å². The third-order valence-corrected chi connectivity index (χ3v) is 3.31. The van der Waals surface area contributed by atoms with E-state index in [-0.39, 0.29) is 11.1 Å². The Labute approximate surface area is 110 Å². The van der Waals surface area contributed by atoms with Crippen LogP contribution in [-0.4, -0.2) is 28.3 Å². The van der Waals surface area contributed by atoms with E-state index in [1.54, 1.807) is 12.4 Å². The maximum Gasteiger partial charge on any atom is 0.0534 e. The minimum absolute atomic E-state index is 0.155. The molecule has 0 bridgehead atoms. The Hall–Kier alpha value is -1.22. The lowest BCUT2D eigenvalue weighted by Gasteiger charge is -2.45. The summed E-state index contributed by atoms with van der Waals surface area (Å²) in [6.45, 7) is 9.01. The van der Waals surface area contributed by atoms with E-state index in [1.807, 2.05) is 18.3 Å². The van der Waals surface area contributed by atoms with Gasteiger partial charge in [-0.15, -0.1) is 0 Å². The molecule has 1 aliphatic heterocycles. The van der Waals surface area contributed by atoms with Crippen molar-refractivity contribution in [3.8, 4) is 0 Å². The molecule has 0 saturated carbocycles. The van der Waals surface area contributed by atoms with Crippen LogP contribution in [0.15, 0.2) is 29.5 Å². The number of pyridine rings is 1. The molecule has 0 aliphatic carbocycles. The summed E-state index contributed by atoms with van der Waals surface area (Å²) in [5.41, 5.74) is 1.43. The molecule has 3 nitrogen and oxygen atoms in total. The van der Waals surface area contributed by atoms with E-state index in [2.05, 4.69) is 38.0 Å². The molecule has 1 saturated heterocycles. The van der Waals surface area contributed by atoms with Crippen LogP contribution in [0.2, 0.25) is 0 Å². The summed E-state index contributed by atoms with van der Waals surface area (Å²) in [6, 6.07) is 4.37. The second kappa shape index (κ2) is 4.81. The Kier molecular flexibility index (Phi) is 3.53. The van der Waals surface area contributed by atoms with Crippen molar-refractivity contribution in [3.05, 3.63) is 30.1 Å². The zero-order valence-corrected chi connectivity index (χ0v) is 11.8. The molecule has 18 heavy (non-hydrogen) atoms. The van der Waals surface area contributed by atoms with E-state index >= 15 is 0 Å². The third-order valence-electron chi connectivity index (χ3n) is 3.31. The molecule has 0 amide bonds. The van der Waals surface area contributed by atoms with Crippen LogP contribution in [-0.2, 0) is 0 Å². The van der Waals surface area contributed by atoms with Crippen LogP contribution in [0.4, 0.5) is 0 Å². The number of hydrogen-bond donors (Lipinski definition) is 1. The summed E-state index contributed by atoms with van der Waals surface area (Å²) in [7, 11) is 0. The van der Waals surface area contributed by atoms with Crippen LogP contribution in [0.5, 0.6) is 0 Å². The molecular weight excluding hydrogens is 222 g/mol. The van der Waals surface area contributed by atoms with Gasteiger partial charge in [0, 0.05) is 29.7 Å². The lowest BCUT2D eigenvalue weighted by atomic mass is 9.80. The Morgan fingerprint density at radius 3 is 2.28 bits per heavy atom. The zero-order chi connectivity index (χ0) is 13.2. The molecular formula is C15H23N3. The van der Waals surface area contributed by atoms with Crippen molar-refractivity contribution in [2.45, 2.75) is 57.7 Å². The standard InChI is InChI=1S/C15H23N3/c1-14(2)9-13(10-15(3,4)18-14)17-11-12-5-7-16-8-6-12/h5-8,11,13,18H,9-10H2,1-4H3. The SMILES string of the molecule is CC1(C)CC(N=Cc2ccncc2)CC(C)(C)N1. The molecule has 2 heterocycles. The van der Waals surface area contributed by atoms with Crippen molar-refractivity contribution >= 4 is 6.21 Å². The van der Waals surface area contributed by atoms with Gasteiger partial charge in [-0.05, 0) is 58.2 Å². The number of hydrogen-bond acceptors (Lipinski definition) is 3. The highest BCUT2D eigenvalue weighted by Crippen LogP contribution is 2.30. The first-order valence-corrected chi connectivity index (χ1v) is 6.59. The van der Waals surface area contributed by atoms with Crippen molar-refractivity contribution < 1.29 is 0 Å². The summed E-state index contributed by atoms with van der Waals surface area (Å²) in [5, 5.41) is 3.68. The molecule has 1 N–H and O–H groups in total. The second-order valence-corrected chi connectivity index (χ2v) is 6.51. The van der Waals surface area contributed by atoms with E-state index in [4.69, 9.17) is 4.99 Å². The van der Waals surface area contributed by atoms with Crippen molar-refractivity contribution in [2.75, 3.05) is 0 Å². The van der Waals surface area contributed by atoms with Gasteiger partial charge in [0.1, 0.15) is 0 Å². The number of nitrogens with zero attached hydrogens (tertiary/aromatic N) is 2. The molecule has 0 aromatic carbocycles. The molecule has 0 unspecified atom stereocenters. The van der Waals surface area contributed by atoms with E-state index in [0.717, 1.165) is 18.4 Å². The maximum absolute atomic E-state index is 4.75. The molecule has 0 radical (unpaired) electrons. The number of aliphatic imine (C=N–C) groups is 1. The monoisotopic (exact) mass is 245 g/mol. The highest BCUT2D eigenvalue weighted by Gasteiger charge is 2.37. The average molecular weight is 245 g/mol. The number of aromatic nitrogens is 1. The molecule has 0 atom stereocenters. The molecule has 1 fully saturated rings. The van der Waals surface area contributed by atoms with Crippen LogP contribution in [0, 0.1) is 0 Å². The normalized spacial score (nSPS) is 23.3. The lowest BCUT2D eigenvalue weighted by molar-refractivity contribution is 0.164. The molecule has 1 aromatic rings. The van der Waals surface area contributed by atoms with Gasteiger partial charge in [0.2, 0.25) is 0 Å². The second-order valence-electron chi connectivity index (χ2n) is 6.51. The summed E-state index contributed by atoms with van der Waals surface area (Å²) >= 11 is 0. The van der Waals surface area contributed by atoms with Gasteiger partial charge in [0.05, 0.1) is 6.04 Å². The predicted octanol–water partition coefficient (Wildman–Crippen LogP) is 2.81. The minimum atomic E-state index is 0.155. The van der Waals surface area contributed by atoms with E-state index in [9.17, 15) is 0 Å². The van der Waals surface area contributed by atoms with Crippen molar-refractivity contribution in [1.82, 2.24) is 10.3 Å². The van der Waals surface area contributed by atoms with Crippen molar-refractivity contribution in [1.29, 1.82) is 0 Å². The number of rotatable bonds is 2. The third kappa shape index (κ3) is 3.64. The molecule has 0 spiro atoms. The molecule has 1 aliphatic rings. The van der Waals surface area contributed by atoms with Crippen LogP contribution in [0.1, 0.15) is 46.1 Å². The maximum atomic E-state index is 4.75. The molecule has 2 rings (SSSR count). The van der Waals surface area contributed by atoms with Gasteiger partial charge in [-0.1, -0.05) is 0 Å². The molecule has 3 heteroatoms. The van der Waals surface area contributed by atoms with E-state index in [0.29, 0.717) is 6.04 Å². The van der Waals surface area contributed by atoms with Gasteiger partial charge in [-0.3, -0.25) is 9.98 Å². The molecule has 98 valence electrons. The topological polar surface area (TPSA) is 37.3 Å². The average Bonchev–Trinajstić information content (AvgIpc) is 2.24. The largest absolute Gasteiger partial charge is 0.307 e. The van der Waals surface area contributed by atoms with Crippen LogP contribution < -0.4 is 5.32 Å². The summed E-state index contributed by atoms with van der Waals surface area (Å²) in [5.74, 6) is 0. The van der Waals surface area contributed by atoms with Crippen molar-refractivity contribution in [3.63, 3.8) is 0 Å². The van der Waals surface area contributed by atoms with E-state index < -0.39 is 0 Å². The first-order valence-electron chi connectivity index (χ1n) is 6.59. The van der Waals surface area contributed by atoms with E-state index in [1.165, 1.54) is 0 Å². The zero-order valence-electron chi connectivity index (χ0n) is 11.8. The fourth-order valence-corrected chi connectivity index (χ4v) is 3.01. The van der Waals surface area contributed by atoms with Crippen LogP contribution in [0.3, 0.4) is 0 Å². The smallest absolute Gasteiger partial charge is 0.0534 e. The van der Waals surface area contributed by atoms with Crippen LogP contribution in [0.25, 0.3) is 0 Å². The first-order chi connectivity index (χ1) is 8.36. The Morgan fingerprint density at radius 2 is 1.72 bits per heavy atom. The van der Waals surface area contributed by atoms with Gasteiger partial charge >= 0.3 is 0 Å². The Balaban J connectivity index is 2.07. The molecule has 1 aromatic heterocycles. The van der Waals surface area contributed by atoms with Gasteiger partial charge < -0.3 is 5.32 Å². The Bertz CT molecular complexity index is 405. The summed E-state index contributed by atoms with van der Waals surface area (Å²) in [4.78, 5) is 8.77. The van der Waals surface area contributed by atoms with Gasteiger partial charge in [-0.25, -0.2) is 0 Å². The number of piperidine rings is 1. The predicted molar refractivity (Wildman–Crippen MR) is 76.1 cm³/mol. The van der Waals surface area contributed by atoms with Gasteiger partial charge in [0.25, 0.3) is 0 Å². The fraction of sp³-hybridized carbons (Fsp3) is 0.600. The highest BCUT2D eigenvalue weighted by molar-refractivity contribution is 5.79. The fourth-order valence-electron chi connectivity index (χ4n) is 3.01. The first kappa shape index (κ1) is 13.2.